The fourth-order valence-electron chi connectivity index (χ4n) is 3.27. The summed E-state index contributed by atoms with van der Waals surface area (Å²) in [5.41, 5.74) is 1.12. The van der Waals surface area contributed by atoms with Crippen LogP contribution in [0.25, 0.3) is 0 Å². The Bertz CT molecular complexity index is 963. The number of ether oxygens (including phenoxy) is 1. The van der Waals surface area contributed by atoms with Crippen LogP contribution in [0.2, 0.25) is 5.02 Å². The highest BCUT2D eigenvalue weighted by molar-refractivity contribution is 7.54. The molecule has 1 unspecified atom stereocenters. The lowest BCUT2D eigenvalue weighted by molar-refractivity contribution is -0.131. The summed E-state index contributed by atoms with van der Waals surface area (Å²) in [5.74, 6) is -0.238. The molecule has 0 spiro atoms. The Morgan fingerprint density at radius 2 is 1.72 bits per heavy atom. The van der Waals surface area contributed by atoms with Crippen LogP contribution in [0, 0.1) is 0 Å². The monoisotopic (exact) mass is 435 g/mol. The smallest absolute Gasteiger partial charge is 0.342 e. The van der Waals surface area contributed by atoms with Gasteiger partial charge in [0.1, 0.15) is 11.4 Å². The zero-order chi connectivity index (χ0) is 21.0. The highest BCUT2D eigenvalue weighted by atomic mass is 35.5. The highest BCUT2D eigenvalue weighted by Gasteiger charge is 2.47. The maximum atomic E-state index is 13.8. The number of carbonyl (C=O) groups is 1. The van der Waals surface area contributed by atoms with E-state index in [0.29, 0.717) is 22.0 Å². The number of hydrogen-bond donors (Lipinski definition) is 1. The second kappa shape index (κ2) is 9.14. The first kappa shape index (κ1) is 21.6. The maximum Gasteiger partial charge on any atom is 0.342 e. The number of carbonyl (C=O) groups excluding carboxylic acids is 1. The van der Waals surface area contributed by atoms with E-state index in [1.165, 1.54) is 0 Å². The van der Waals surface area contributed by atoms with Crippen LogP contribution in [-0.4, -0.2) is 19.2 Å². The molecule has 29 heavy (non-hydrogen) atoms. The molecule has 1 heterocycles. The van der Waals surface area contributed by atoms with Crippen LogP contribution in [0.5, 0.6) is 5.75 Å². The fourth-order valence-corrected chi connectivity index (χ4v) is 5.66. The van der Waals surface area contributed by atoms with E-state index in [9.17, 15) is 9.36 Å². The number of esters is 1. The summed E-state index contributed by atoms with van der Waals surface area (Å²) in [6.45, 7) is 5.57. The Kier molecular flexibility index (Phi) is 6.81. The van der Waals surface area contributed by atoms with Gasteiger partial charge in [-0.15, -0.1) is 0 Å². The van der Waals surface area contributed by atoms with Crippen molar-refractivity contribution in [2.24, 2.45) is 0 Å². The molecule has 1 aliphatic rings. The molecule has 1 aliphatic heterocycles. The van der Waals surface area contributed by atoms with Crippen molar-refractivity contribution in [3.8, 4) is 5.75 Å². The van der Waals surface area contributed by atoms with Gasteiger partial charge in [0, 0.05) is 22.0 Å². The van der Waals surface area contributed by atoms with Crippen LogP contribution in [0.1, 0.15) is 32.0 Å². The molecule has 1 N–H and O–H groups in total. The van der Waals surface area contributed by atoms with Crippen LogP contribution in [0.4, 0.5) is 5.69 Å². The number of nitrogens with one attached hydrogen (secondary N) is 1. The molecule has 154 valence electrons. The number of hydrogen-bond acceptors (Lipinski definition) is 6. The Morgan fingerprint density at radius 1 is 1.10 bits per heavy atom. The van der Waals surface area contributed by atoms with Crippen LogP contribution >= 0.6 is 19.2 Å². The summed E-state index contributed by atoms with van der Waals surface area (Å²) in [6.07, 6.45) is 0. The minimum Gasteiger partial charge on any atom is -0.423 e. The molecule has 8 heteroatoms. The zero-order valence-corrected chi connectivity index (χ0v) is 18.1. The van der Waals surface area contributed by atoms with E-state index < -0.39 is 19.2 Å². The minimum absolute atomic E-state index is 0.182. The molecule has 2 aromatic carbocycles. The largest absolute Gasteiger partial charge is 0.423 e. The third kappa shape index (κ3) is 4.57. The number of para-hydroxylation sites is 1. The molecular formula is C21H23ClNO5P. The van der Waals surface area contributed by atoms with Gasteiger partial charge < -0.3 is 19.1 Å². The maximum absolute atomic E-state index is 13.8. The van der Waals surface area contributed by atoms with E-state index >= 15 is 0 Å². The summed E-state index contributed by atoms with van der Waals surface area (Å²) >= 11 is 5.94. The Labute approximate surface area is 175 Å². The molecule has 0 saturated carbocycles. The first-order valence-electron chi connectivity index (χ1n) is 9.32. The lowest BCUT2D eigenvalue weighted by Gasteiger charge is -2.33. The van der Waals surface area contributed by atoms with E-state index in [1.807, 2.05) is 0 Å². The molecule has 0 aromatic heterocycles. The van der Waals surface area contributed by atoms with Crippen molar-refractivity contribution < 1.29 is 23.1 Å². The highest BCUT2D eigenvalue weighted by Crippen LogP contribution is 2.66. The Morgan fingerprint density at radius 3 is 2.34 bits per heavy atom. The van der Waals surface area contributed by atoms with Crippen LogP contribution in [-0.2, 0) is 18.4 Å². The second-order valence-electron chi connectivity index (χ2n) is 6.38. The van der Waals surface area contributed by atoms with Crippen LogP contribution < -0.4 is 10.1 Å². The van der Waals surface area contributed by atoms with Gasteiger partial charge >= 0.3 is 13.6 Å². The molecule has 0 bridgehead atoms. The standard InChI is InChI=1S/C21H23ClNO5P/c1-4-26-29(25,27-5-2)20-17-8-6-7-9-18(17)28-21(24)19(20)14(3)23-16-12-10-15(22)11-13-16/h6-13,20,23H,4-5H2,1-3H3. The number of benzene rings is 2. The molecule has 0 fully saturated rings. The predicted octanol–water partition coefficient (Wildman–Crippen LogP) is 5.95. The van der Waals surface area contributed by atoms with Crippen LogP contribution in [0.15, 0.2) is 59.8 Å². The van der Waals surface area contributed by atoms with Crippen molar-refractivity contribution in [2.75, 3.05) is 18.5 Å². The van der Waals surface area contributed by atoms with Gasteiger partial charge in [-0.05, 0) is 51.1 Å². The van der Waals surface area contributed by atoms with E-state index in [4.69, 9.17) is 25.4 Å². The number of fused-ring (bicyclic) bond motifs is 1. The van der Waals surface area contributed by atoms with Crippen molar-refractivity contribution in [2.45, 2.75) is 26.4 Å². The fraction of sp³-hybridized carbons (Fsp3) is 0.286. The molecule has 0 aliphatic carbocycles. The molecule has 0 amide bonds. The van der Waals surface area contributed by atoms with Gasteiger partial charge in [0.2, 0.25) is 0 Å². The van der Waals surface area contributed by atoms with E-state index in [0.717, 1.165) is 5.69 Å². The first-order valence-corrected chi connectivity index (χ1v) is 11.3. The normalized spacial score (nSPS) is 18.1. The van der Waals surface area contributed by atoms with Gasteiger partial charge in [0.05, 0.1) is 18.8 Å². The van der Waals surface area contributed by atoms with Gasteiger partial charge in [-0.1, -0.05) is 29.8 Å². The van der Waals surface area contributed by atoms with Crippen LogP contribution in [0.3, 0.4) is 0 Å². The molecule has 6 nitrogen and oxygen atoms in total. The predicted molar refractivity (Wildman–Crippen MR) is 113 cm³/mol. The molecule has 1 atom stereocenters. The minimum atomic E-state index is -3.71. The van der Waals surface area contributed by atoms with E-state index in [-0.39, 0.29) is 18.8 Å². The van der Waals surface area contributed by atoms with Gasteiger partial charge in [-0.2, -0.15) is 0 Å². The van der Waals surface area contributed by atoms with Gasteiger partial charge in [-0.3, -0.25) is 4.57 Å². The third-order valence-electron chi connectivity index (χ3n) is 4.42. The van der Waals surface area contributed by atoms with Crippen molar-refractivity contribution >= 4 is 30.9 Å². The SMILES string of the molecule is CCOP(=O)(OCC)C1C(=C(C)Nc2ccc(Cl)cc2)C(=O)Oc2ccccc21. The first-order chi connectivity index (χ1) is 13.9. The van der Waals surface area contributed by atoms with Gasteiger partial charge in [-0.25, -0.2) is 4.79 Å². The summed E-state index contributed by atoms with van der Waals surface area (Å²) < 4.78 is 30.5. The summed E-state index contributed by atoms with van der Waals surface area (Å²) in [5, 5.41) is 3.77. The van der Waals surface area contributed by atoms with E-state index in [1.54, 1.807) is 69.3 Å². The second-order valence-corrected chi connectivity index (χ2v) is 8.92. The molecule has 3 rings (SSSR count). The number of rotatable bonds is 7. The van der Waals surface area contributed by atoms with Crippen molar-refractivity contribution in [3.63, 3.8) is 0 Å². The summed E-state index contributed by atoms with van der Waals surface area (Å²) in [7, 11) is -3.71. The molecular weight excluding hydrogens is 413 g/mol. The third-order valence-corrected chi connectivity index (χ3v) is 7.08. The summed E-state index contributed by atoms with van der Waals surface area (Å²) in [4.78, 5) is 12.9. The quantitative estimate of drug-likeness (QED) is 0.250. The zero-order valence-electron chi connectivity index (χ0n) is 16.5. The van der Waals surface area contributed by atoms with Gasteiger partial charge in [0.15, 0.2) is 0 Å². The average Bonchev–Trinajstić information content (AvgIpc) is 2.69. The molecule has 0 saturated heterocycles. The van der Waals surface area contributed by atoms with E-state index in [2.05, 4.69) is 5.32 Å². The van der Waals surface area contributed by atoms with Crippen molar-refractivity contribution in [3.05, 3.63) is 70.4 Å². The molecule has 0 radical (unpaired) electrons. The number of halogens is 1. The number of allylic oxidation sites excluding steroid dienone is 1. The summed E-state index contributed by atoms with van der Waals surface area (Å²) in [6, 6.07) is 14.0. The van der Waals surface area contributed by atoms with Crippen molar-refractivity contribution in [1.82, 2.24) is 0 Å². The Hall–Kier alpha value is -2.11. The molecule has 2 aromatic rings. The average molecular weight is 436 g/mol. The van der Waals surface area contributed by atoms with Gasteiger partial charge in [0.25, 0.3) is 0 Å². The van der Waals surface area contributed by atoms with Crippen molar-refractivity contribution in [1.29, 1.82) is 0 Å². The number of anilines is 1. The topological polar surface area (TPSA) is 73.9 Å². The lowest BCUT2D eigenvalue weighted by Crippen LogP contribution is -2.27. The lowest BCUT2D eigenvalue weighted by atomic mass is 9.99. The Balaban J connectivity index is 2.15.